The molecule has 2 heterocycles. The van der Waals surface area contributed by atoms with Crippen LogP contribution < -0.4 is 14.8 Å². The highest BCUT2D eigenvalue weighted by molar-refractivity contribution is 5.93. The average Bonchev–Trinajstić information content (AvgIpc) is 3.33. The third-order valence-electron chi connectivity index (χ3n) is 5.70. The molecule has 2 aliphatic rings. The second-order valence-electron chi connectivity index (χ2n) is 7.99. The maximum absolute atomic E-state index is 12.7. The van der Waals surface area contributed by atoms with Gasteiger partial charge in [0.2, 0.25) is 6.79 Å². The van der Waals surface area contributed by atoms with E-state index in [0.29, 0.717) is 18.5 Å². The topological polar surface area (TPSA) is 68.6 Å². The lowest BCUT2D eigenvalue weighted by molar-refractivity contribution is 0.0819. The van der Waals surface area contributed by atoms with Gasteiger partial charge in [0.25, 0.3) is 5.91 Å². The van der Waals surface area contributed by atoms with Crippen LogP contribution >= 0.6 is 0 Å². The zero-order valence-electron chi connectivity index (χ0n) is 17.5. The molecule has 4 rings (SSSR count). The van der Waals surface area contributed by atoms with Crippen molar-refractivity contribution in [2.75, 3.05) is 27.4 Å². The molecule has 1 N–H and O–H groups in total. The number of para-hydroxylation sites is 1. The second kappa shape index (κ2) is 8.45. The summed E-state index contributed by atoms with van der Waals surface area (Å²) in [7, 11) is 3.58. The molecule has 0 saturated carbocycles. The normalized spacial score (nSPS) is 17.3. The van der Waals surface area contributed by atoms with Crippen molar-refractivity contribution in [1.82, 2.24) is 20.0 Å². The second-order valence-corrected chi connectivity index (χ2v) is 7.99. The molecule has 0 fully saturated rings. The minimum absolute atomic E-state index is 0.00579. The molecule has 0 saturated heterocycles. The van der Waals surface area contributed by atoms with E-state index in [1.807, 2.05) is 16.8 Å². The van der Waals surface area contributed by atoms with Crippen LogP contribution in [0.2, 0.25) is 0 Å². The number of carbonyl (C=O) groups excluding carboxylic acids is 1. The maximum Gasteiger partial charge on any atom is 0.274 e. The van der Waals surface area contributed by atoms with Crippen molar-refractivity contribution in [2.24, 2.45) is 0 Å². The zero-order valence-corrected chi connectivity index (χ0v) is 17.5. The van der Waals surface area contributed by atoms with E-state index in [0.717, 1.165) is 62.3 Å². The van der Waals surface area contributed by atoms with Gasteiger partial charge in [-0.25, -0.2) is 0 Å². The first-order chi connectivity index (χ1) is 14.1. The highest BCUT2D eigenvalue weighted by Crippen LogP contribution is 2.35. The number of hydrogen-bond acceptors (Lipinski definition) is 5. The molecule has 1 atom stereocenters. The van der Waals surface area contributed by atoms with Crippen LogP contribution in [0.4, 0.5) is 0 Å². The molecule has 2 aromatic rings. The Bertz CT molecular complexity index is 890. The minimum Gasteiger partial charge on any atom is -0.454 e. The molecule has 1 aromatic heterocycles. The molecular weight excluding hydrogens is 368 g/mol. The molecule has 0 bridgehead atoms. The van der Waals surface area contributed by atoms with Crippen molar-refractivity contribution in [3.8, 4) is 11.5 Å². The highest BCUT2D eigenvalue weighted by atomic mass is 16.7. The highest BCUT2D eigenvalue weighted by Gasteiger charge is 2.29. The van der Waals surface area contributed by atoms with E-state index in [-0.39, 0.29) is 5.91 Å². The first kappa shape index (κ1) is 19.8. The fraction of sp³-hybridized carbons (Fsp3) is 0.545. The van der Waals surface area contributed by atoms with Gasteiger partial charge in [-0.15, -0.1) is 0 Å². The number of benzene rings is 1. The molecule has 1 unspecified atom stereocenters. The summed E-state index contributed by atoms with van der Waals surface area (Å²) in [4.78, 5) is 14.3. The Hall–Kier alpha value is -2.54. The van der Waals surface area contributed by atoms with E-state index in [9.17, 15) is 4.79 Å². The molecule has 0 spiro atoms. The van der Waals surface area contributed by atoms with E-state index < -0.39 is 0 Å². The first-order valence-electron chi connectivity index (χ1n) is 10.5. The summed E-state index contributed by atoms with van der Waals surface area (Å²) in [6.45, 7) is 4.17. The zero-order chi connectivity index (χ0) is 20.4. The van der Waals surface area contributed by atoms with Gasteiger partial charge in [-0.2, -0.15) is 5.10 Å². The van der Waals surface area contributed by atoms with Crippen molar-refractivity contribution in [2.45, 2.75) is 51.6 Å². The quantitative estimate of drug-likeness (QED) is 0.776. The van der Waals surface area contributed by atoms with E-state index in [1.54, 1.807) is 19.0 Å². The molecule has 29 heavy (non-hydrogen) atoms. The van der Waals surface area contributed by atoms with Gasteiger partial charge in [0.05, 0.1) is 0 Å². The Morgan fingerprint density at radius 1 is 1.34 bits per heavy atom. The van der Waals surface area contributed by atoms with Crippen LogP contribution in [0, 0.1) is 0 Å². The number of carbonyl (C=O) groups is 1. The molecule has 1 aromatic carbocycles. The lowest BCUT2D eigenvalue weighted by Gasteiger charge is -2.25. The Labute approximate surface area is 172 Å². The standard InChI is InChI=1S/C22H30N4O3/c1-4-12-26-18-9-8-16(13-17(18)20(24-26)22(27)25(2)3)23-11-10-15-6-5-7-19-21(15)29-14-28-19/h5-7,16,23H,4,8-14H2,1-3H3. The summed E-state index contributed by atoms with van der Waals surface area (Å²) in [5, 5.41) is 8.35. The van der Waals surface area contributed by atoms with Crippen molar-refractivity contribution >= 4 is 5.91 Å². The summed E-state index contributed by atoms with van der Waals surface area (Å²) in [5.74, 6) is 1.70. The third-order valence-corrected chi connectivity index (χ3v) is 5.70. The summed E-state index contributed by atoms with van der Waals surface area (Å²) in [6, 6.07) is 6.40. The van der Waals surface area contributed by atoms with Gasteiger partial charge in [-0.3, -0.25) is 9.48 Å². The minimum atomic E-state index is -0.00579. The van der Waals surface area contributed by atoms with Crippen molar-refractivity contribution < 1.29 is 14.3 Å². The van der Waals surface area contributed by atoms with Crippen LogP contribution in [0.1, 0.15) is 47.1 Å². The third kappa shape index (κ3) is 3.96. The van der Waals surface area contributed by atoms with Crippen molar-refractivity contribution in [1.29, 1.82) is 0 Å². The lowest BCUT2D eigenvalue weighted by Crippen LogP contribution is -2.36. The number of nitrogens with zero attached hydrogens (tertiary/aromatic N) is 3. The number of aryl methyl sites for hydroxylation is 1. The molecule has 7 nitrogen and oxygen atoms in total. The predicted molar refractivity (Wildman–Crippen MR) is 111 cm³/mol. The summed E-state index contributed by atoms with van der Waals surface area (Å²) in [5.41, 5.74) is 4.15. The van der Waals surface area contributed by atoms with Crippen LogP contribution in [-0.4, -0.2) is 54.1 Å². The van der Waals surface area contributed by atoms with Crippen molar-refractivity contribution in [3.05, 3.63) is 40.7 Å². The van der Waals surface area contributed by atoms with Gasteiger partial charge < -0.3 is 19.7 Å². The van der Waals surface area contributed by atoms with Gasteiger partial charge in [0, 0.05) is 37.9 Å². The SMILES string of the molecule is CCCn1nc(C(=O)N(C)C)c2c1CCC(NCCc1cccc3c1OCO3)C2. The molecule has 7 heteroatoms. The summed E-state index contributed by atoms with van der Waals surface area (Å²) in [6.07, 6.45) is 4.76. The smallest absolute Gasteiger partial charge is 0.274 e. The van der Waals surface area contributed by atoms with E-state index in [4.69, 9.17) is 9.47 Å². The fourth-order valence-electron chi connectivity index (χ4n) is 4.24. The number of hydrogen-bond donors (Lipinski definition) is 1. The Kier molecular flexibility index (Phi) is 5.76. The number of aromatic nitrogens is 2. The maximum atomic E-state index is 12.7. The van der Waals surface area contributed by atoms with Gasteiger partial charge in [0.15, 0.2) is 17.2 Å². The van der Waals surface area contributed by atoms with Gasteiger partial charge >= 0.3 is 0 Å². The molecule has 1 aliphatic heterocycles. The Morgan fingerprint density at radius 3 is 3.00 bits per heavy atom. The van der Waals surface area contributed by atoms with Gasteiger partial charge in [-0.05, 0) is 50.3 Å². The lowest BCUT2D eigenvalue weighted by atomic mass is 9.91. The molecule has 0 radical (unpaired) electrons. The molecular formula is C22H30N4O3. The Morgan fingerprint density at radius 2 is 2.21 bits per heavy atom. The first-order valence-corrected chi connectivity index (χ1v) is 10.5. The number of fused-ring (bicyclic) bond motifs is 2. The molecule has 1 amide bonds. The van der Waals surface area contributed by atoms with Crippen molar-refractivity contribution in [3.63, 3.8) is 0 Å². The average molecular weight is 399 g/mol. The monoisotopic (exact) mass is 398 g/mol. The van der Waals surface area contributed by atoms with Gasteiger partial charge in [-0.1, -0.05) is 19.1 Å². The number of amides is 1. The number of rotatable bonds is 7. The molecule has 1 aliphatic carbocycles. The van der Waals surface area contributed by atoms with Gasteiger partial charge in [0.1, 0.15) is 0 Å². The van der Waals surface area contributed by atoms with Crippen LogP contribution in [0.25, 0.3) is 0 Å². The van der Waals surface area contributed by atoms with Crippen LogP contribution in [0.3, 0.4) is 0 Å². The largest absolute Gasteiger partial charge is 0.454 e. The summed E-state index contributed by atoms with van der Waals surface area (Å²) < 4.78 is 13.1. The van der Waals surface area contributed by atoms with E-state index >= 15 is 0 Å². The number of nitrogens with one attached hydrogen (secondary N) is 1. The van der Waals surface area contributed by atoms with E-state index in [2.05, 4.69) is 23.4 Å². The van der Waals surface area contributed by atoms with Crippen LogP contribution in [-0.2, 0) is 25.8 Å². The summed E-state index contributed by atoms with van der Waals surface area (Å²) >= 11 is 0. The van der Waals surface area contributed by atoms with E-state index in [1.165, 1.54) is 11.3 Å². The Balaban J connectivity index is 1.43. The van der Waals surface area contributed by atoms with Crippen LogP contribution in [0.5, 0.6) is 11.5 Å². The number of ether oxygens (including phenoxy) is 2. The molecule has 156 valence electrons. The van der Waals surface area contributed by atoms with Crippen LogP contribution in [0.15, 0.2) is 18.2 Å². The fourth-order valence-corrected chi connectivity index (χ4v) is 4.24. The predicted octanol–water partition coefficient (Wildman–Crippen LogP) is 2.41.